The van der Waals surface area contributed by atoms with Crippen molar-refractivity contribution in [2.24, 2.45) is 0 Å². The fourth-order valence-electron chi connectivity index (χ4n) is 1.74. The molecule has 0 unspecified atom stereocenters. The van der Waals surface area contributed by atoms with Crippen molar-refractivity contribution in [2.45, 2.75) is 26.2 Å². The van der Waals surface area contributed by atoms with Crippen molar-refractivity contribution in [3.63, 3.8) is 0 Å². The average molecular weight is 269 g/mol. The van der Waals surface area contributed by atoms with Gasteiger partial charge in [-0.05, 0) is 25.0 Å². The van der Waals surface area contributed by atoms with E-state index in [2.05, 4.69) is 30.1 Å². The van der Waals surface area contributed by atoms with Crippen LogP contribution in [0.15, 0.2) is 60.7 Å². The molecule has 2 aromatic carbocycles. The number of unbranched alkanes of at least 4 members (excludes halogenated alkanes) is 1. The molecule has 0 aliphatic heterocycles. The van der Waals surface area contributed by atoms with E-state index in [1.165, 1.54) is 22.5 Å². The summed E-state index contributed by atoms with van der Waals surface area (Å²) in [4.78, 5) is 4.57. The number of hydrogen-bond donors (Lipinski definition) is 0. The van der Waals surface area contributed by atoms with Crippen LogP contribution in [0, 0.1) is 0 Å². The molecule has 0 aliphatic rings. The van der Waals surface area contributed by atoms with Gasteiger partial charge in [0.05, 0.1) is 15.2 Å². The van der Waals surface area contributed by atoms with Crippen molar-refractivity contribution in [2.75, 3.05) is 0 Å². The summed E-state index contributed by atoms with van der Waals surface area (Å²) in [6.07, 6.45) is 3.63. The second-order valence-electron chi connectivity index (χ2n) is 4.33. The number of benzene rings is 2. The van der Waals surface area contributed by atoms with E-state index < -0.39 is 0 Å². The van der Waals surface area contributed by atoms with Crippen molar-refractivity contribution in [3.8, 4) is 0 Å². The third-order valence-electron chi connectivity index (χ3n) is 2.75. The molecule has 98 valence electrons. The highest BCUT2D eigenvalue weighted by Crippen LogP contribution is 2.22. The van der Waals surface area contributed by atoms with Crippen LogP contribution in [-0.2, 0) is 6.42 Å². The van der Waals surface area contributed by atoms with Crippen LogP contribution < -0.4 is 0 Å². The first-order valence-corrected chi connectivity index (χ1v) is 7.56. The van der Waals surface area contributed by atoms with E-state index in [9.17, 15) is 0 Å². The topological polar surface area (TPSA) is 12.9 Å². The SMILES string of the molecule is CCCCc1nc2ccccc2s1.c1ccccc1. The molecule has 1 heterocycles. The van der Waals surface area contributed by atoms with Crippen molar-refractivity contribution >= 4 is 21.6 Å². The molecular formula is C17H19NS. The van der Waals surface area contributed by atoms with Gasteiger partial charge in [0.2, 0.25) is 0 Å². The minimum atomic E-state index is 1.13. The van der Waals surface area contributed by atoms with Crippen LogP contribution in [0.5, 0.6) is 0 Å². The lowest BCUT2D eigenvalue weighted by molar-refractivity contribution is 0.791. The van der Waals surface area contributed by atoms with Crippen molar-refractivity contribution < 1.29 is 0 Å². The van der Waals surface area contributed by atoms with Gasteiger partial charge in [0.25, 0.3) is 0 Å². The van der Waals surface area contributed by atoms with E-state index in [0.29, 0.717) is 0 Å². The Morgan fingerprint density at radius 2 is 1.53 bits per heavy atom. The number of thiazole rings is 1. The van der Waals surface area contributed by atoms with Crippen LogP contribution in [0.1, 0.15) is 24.8 Å². The van der Waals surface area contributed by atoms with Crippen LogP contribution in [0.3, 0.4) is 0 Å². The lowest BCUT2D eigenvalue weighted by Crippen LogP contribution is -1.80. The van der Waals surface area contributed by atoms with Crippen LogP contribution >= 0.6 is 11.3 Å². The molecule has 0 saturated carbocycles. The zero-order valence-corrected chi connectivity index (χ0v) is 12.1. The van der Waals surface area contributed by atoms with Crippen LogP contribution in [0.2, 0.25) is 0 Å². The Morgan fingerprint density at radius 3 is 2.11 bits per heavy atom. The Labute approximate surface area is 118 Å². The van der Waals surface area contributed by atoms with Gasteiger partial charge in [-0.3, -0.25) is 0 Å². The Balaban J connectivity index is 0.000000186. The summed E-state index contributed by atoms with van der Waals surface area (Å²) in [5.41, 5.74) is 1.15. The highest BCUT2D eigenvalue weighted by atomic mass is 32.1. The highest BCUT2D eigenvalue weighted by Gasteiger charge is 2.01. The lowest BCUT2D eigenvalue weighted by atomic mass is 10.3. The molecule has 0 aliphatic carbocycles. The summed E-state index contributed by atoms with van der Waals surface area (Å²) in [6, 6.07) is 20.3. The standard InChI is InChI=1S/C11H13NS.C6H6/c1-2-3-8-11-12-9-6-4-5-7-10(9)13-11;1-2-4-6-5-3-1/h4-7H,2-3,8H2,1H3;1-6H. The van der Waals surface area contributed by atoms with Crippen molar-refractivity contribution in [1.29, 1.82) is 0 Å². The van der Waals surface area contributed by atoms with Crippen LogP contribution in [0.4, 0.5) is 0 Å². The molecule has 2 heteroatoms. The number of hydrogen-bond acceptors (Lipinski definition) is 2. The summed E-state index contributed by atoms with van der Waals surface area (Å²) in [5, 5.41) is 1.28. The van der Waals surface area contributed by atoms with Gasteiger partial charge in [0.1, 0.15) is 0 Å². The number of aryl methyl sites for hydroxylation is 1. The van der Waals surface area contributed by atoms with E-state index in [4.69, 9.17) is 0 Å². The molecule has 0 atom stereocenters. The molecule has 0 radical (unpaired) electrons. The zero-order valence-electron chi connectivity index (χ0n) is 11.3. The van der Waals surface area contributed by atoms with Gasteiger partial charge < -0.3 is 0 Å². The molecule has 0 saturated heterocycles. The molecule has 1 aromatic heterocycles. The Morgan fingerprint density at radius 1 is 0.895 bits per heavy atom. The maximum atomic E-state index is 4.57. The summed E-state index contributed by atoms with van der Waals surface area (Å²) in [7, 11) is 0. The van der Waals surface area contributed by atoms with E-state index in [1.54, 1.807) is 0 Å². The van der Waals surface area contributed by atoms with Crippen molar-refractivity contribution in [1.82, 2.24) is 4.98 Å². The van der Waals surface area contributed by atoms with Gasteiger partial charge in [-0.25, -0.2) is 4.98 Å². The van der Waals surface area contributed by atoms with Gasteiger partial charge in [0.15, 0.2) is 0 Å². The Bertz CT molecular complexity index is 527. The van der Waals surface area contributed by atoms with Gasteiger partial charge in [-0.1, -0.05) is 61.9 Å². The fraction of sp³-hybridized carbons (Fsp3) is 0.235. The third-order valence-corrected chi connectivity index (χ3v) is 3.85. The summed E-state index contributed by atoms with van der Waals surface area (Å²) >= 11 is 1.83. The first-order valence-electron chi connectivity index (χ1n) is 6.74. The molecule has 0 spiro atoms. The maximum Gasteiger partial charge on any atom is 0.0938 e. The predicted molar refractivity (Wildman–Crippen MR) is 84.7 cm³/mol. The molecule has 0 N–H and O–H groups in total. The fourth-order valence-corrected chi connectivity index (χ4v) is 2.75. The minimum Gasteiger partial charge on any atom is -0.241 e. The first-order chi connectivity index (χ1) is 9.40. The molecule has 0 bridgehead atoms. The molecular weight excluding hydrogens is 250 g/mol. The molecule has 3 aromatic rings. The van der Waals surface area contributed by atoms with Crippen molar-refractivity contribution in [3.05, 3.63) is 65.7 Å². The van der Waals surface area contributed by atoms with Gasteiger partial charge in [-0.2, -0.15) is 0 Å². The molecule has 0 amide bonds. The molecule has 3 rings (SSSR count). The second kappa shape index (κ2) is 7.70. The Hall–Kier alpha value is -1.67. The first kappa shape index (κ1) is 13.8. The van der Waals surface area contributed by atoms with Crippen LogP contribution in [-0.4, -0.2) is 4.98 Å². The average Bonchev–Trinajstić information content (AvgIpc) is 2.90. The lowest BCUT2D eigenvalue weighted by Gasteiger charge is -1.89. The molecule has 0 fully saturated rings. The zero-order chi connectivity index (χ0) is 13.3. The Kier molecular flexibility index (Phi) is 5.57. The van der Waals surface area contributed by atoms with Gasteiger partial charge in [0, 0.05) is 0 Å². The normalized spacial score (nSPS) is 9.95. The monoisotopic (exact) mass is 269 g/mol. The number of aromatic nitrogens is 1. The van der Waals surface area contributed by atoms with Crippen LogP contribution in [0.25, 0.3) is 10.2 Å². The second-order valence-corrected chi connectivity index (χ2v) is 5.45. The van der Waals surface area contributed by atoms with Gasteiger partial charge >= 0.3 is 0 Å². The van der Waals surface area contributed by atoms with E-state index in [0.717, 1.165) is 11.9 Å². The summed E-state index contributed by atoms with van der Waals surface area (Å²) in [5.74, 6) is 0. The largest absolute Gasteiger partial charge is 0.241 e. The van der Waals surface area contributed by atoms with E-state index in [1.807, 2.05) is 53.8 Å². The minimum absolute atomic E-state index is 1.13. The summed E-state index contributed by atoms with van der Waals surface area (Å²) in [6.45, 7) is 2.22. The van der Waals surface area contributed by atoms with E-state index >= 15 is 0 Å². The number of rotatable bonds is 3. The smallest absolute Gasteiger partial charge is 0.0938 e. The third kappa shape index (κ3) is 4.49. The maximum absolute atomic E-state index is 4.57. The molecule has 1 nitrogen and oxygen atoms in total. The quantitative estimate of drug-likeness (QED) is 0.626. The predicted octanol–water partition coefficient (Wildman–Crippen LogP) is 5.33. The highest BCUT2D eigenvalue weighted by molar-refractivity contribution is 7.18. The van der Waals surface area contributed by atoms with E-state index in [-0.39, 0.29) is 0 Å². The molecule has 19 heavy (non-hydrogen) atoms. The van der Waals surface area contributed by atoms with Gasteiger partial charge in [-0.15, -0.1) is 11.3 Å². The number of fused-ring (bicyclic) bond motifs is 1. The number of para-hydroxylation sites is 1. The number of nitrogens with zero attached hydrogens (tertiary/aromatic N) is 1. The summed E-state index contributed by atoms with van der Waals surface area (Å²) < 4.78 is 1.31.